The Morgan fingerprint density at radius 3 is 2.18 bits per heavy atom. The minimum absolute atomic E-state index is 0.410. The summed E-state index contributed by atoms with van der Waals surface area (Å²) in [6.45, 7) is 7.05. The van der Waals surface area contributed by atoms with Crippen LogP contribution in [0.15, 0.2) is 0 Å². The van der Waals surface area contributed by atoms with E-state index < -0.39 is 0 Å². The monoisotopic (exact) mass is 153 g/mol. The summed E-state index contributed by atoms with van der Waals surface area (Å²) >= 11 is 0. The quantitative estimate of drug-likeness (QED) is 0.567. The van der Waals surface area contributed by atoms with Crippen LogP contribution in [0.4, 0.5) is 0 Å². The van der Waals surface area contributed by atoms with Gasteiger partial charge in [-0.15, -0.1) is 0 Å². The number of hydrogen-bond donors (Lipinski definition) is 1. The summed E-state index contributed by atoms with van der Waals surface area (Å²) in [5, 5.41) is 0. The highest BCUT2D eigenvalue weighted by molar-refractivity contribution is 5.10. The first kappa shape index (κ1) is 7.60. The average Bonchev–Trinajstić information content (AvgIpc) is 2.36. The topological polar surface area (TPSA) is 26.0 Å². The standard InChI is InChI=1S/C10H19N/c1-9(2)7-4-5-10(3,6-7)8(9)11/h7-8H,4-6,11H2,1-3H3. The van der Waals surface area contributed by atoms with Gasteiger partial charge in [-0.1, -0.05) is 20.8 Å². The van der Waals surface area contributed by atoms with Gasteiger partial charge in [-0.05, 0) is 36.0 Å². The van der Waals surface area contributed by atoms with Gasteiger partial charge in [0.15, 0.2) is 0 Å². The minimum atomic E-state index is 0.410. The van der Waals surface area contributed by atoms with Crippen molar-refractivity contribution in [2.45, 2.75) is 46.1 Å². The molecule has 0 aliphatic heterocycles. The fourth-order valence-corrected chi connectivity index (χ4v) is 3.34. The van der Waals surface area contributed by atoms with Gasteiger partial charge in [0.25, 0.3) is 0 Å². The summed E-state index contributed by atoms with van der Waals surface area (Å²) in [5.74, 6) is 0.905. The molecule has 1 heteroatoms. The van der Waals surface area contributed by atoms with Crippen LogP contribution in [0.2, 0.25) is 0 Å². The molecule has 3 unspecified atom stereocenters. The smallest absolute Gasteiger partial charge is 0.0147 e. The Morgan fingerprint density at radius 2 is 1.91 bits per heavy atom. The third-order valence-corrected chi connectivity index (χ3v) is 4.38. The highest BCUT2D eigenvalue weighted by Crippen LogP contribution is 2.61. The van der Waals surface area contributed by atoms with Crippen LogP contribution in [0.25, 0.3) is 0 Å². The minimum Gasteiger partial charge on any atom is -0.327 e. The lowest BCUT2D eigenvalue weighted by molar-refractivity contribution is 0.141. The summed E-state index contributed by atoms with van der Waals surface area (Å²) in [6, 6.07) is 0.439. The van der Waals surface area contributed by atoms with Gasteiger partial charge in [-0.3, -0.25) is 0 Å². The molecule has 1 nitrogen and oxygen atoms in total. The maximum Gasteiger partial charge on any atom is 0.0147 e. The Hall–Kier alpha value is -0.0400. The van der Waals surface area contributed by atoms with E-state index in [0.717, 1.165) is 5.92 Å². The van der Waals surface area contributed by atoms with Crippen LogP contribution in [0.1, 0.15) is 40.0 Å². The van der Waals surface area contributed by atoms with Crippen molar-refractivity contribution in [3.8, 4) is 0 Å². The molecule has 0 aromatic rings. The van der Waals surface area contributed by atoms with Crippen molar-refractivity contribution >= 4 is 0 Å². The fourth-order valence-electron chi connectivity index (χ4n) is 3.34. The van der Waals surface area contributed by atoms with Gasteiger partial charge in [0.2, 0.25) is 0 Å². The number of fused-ring (bicyclic) bond motifs is 2. The van der Waals surface area contributed by atoms with E-state index in [9.17, 15) is 0 Å². The second kappa shape index (κ2) is 1.82. The Morgan fingerprint density at radius 1 is 1.27 bits per heavy atom. The molecule has 3 atom stereocenters. The van der Waals surface area contributed by atoms with Crippen LogP contribution in [-0.4, -0.2) is 6.04 Å². The molecule has 0 amide bonds. The molecule has 0 saturated heterocycles. The first-order chi connectivity index (χ1) is 4.97. The second-order valence-electron chi connectivity index (χ2n) is 5.39. The number of rotatable bonds is 0. The van der Waals surface area contributed by atoms with E-state index in [0.29, 0.717) is 16.9 Å². The normalized spacial score (nSPS) is 53.5. The molecular formula is C10H19N. The first-order valence-electron chi connectivity index (χ1n) is 4.72. The molecule has 0 spiro atoms. The van der Waals surface area contributed by atoms with Gasteiger partial charge < -0.3 is 5.73 Å². The van der Waals surface area contributed by atoms with Crippen molar-refractivity contribution in [3.05, 3.63) is 0 Å². The molecule has 2 aliphatic carbocycles. The van der Waals surface area contributed by atoms with Crippen LogP contribution in [0.5, 0.6) is 0 Å². The van der Waals surface area contributed by atoms with Crippen LogP contribution < -0.4 is 5.73 Å². The van der Waals surface area contributed by atoms with E-state index >= 15 is 0 Å². The second-order valence-corrected chi connectivity index (χ2v) is 5.39. The van der Waals surface area contributed by atoms with E-state index in [1.165, 1.54) is 19.3 Å². The predicted octanol–water partition coefficient (Wildman–Crippen LogP) is 2.16. The van der Waals surface area contributed by atoms with Crippen LogP contribution in [0, 0.1) is 16.7 Å². The number of hydrogen-bond acceptors (Lipinski definition) is 1. The fraction of sp³-hybridized carbons (Fsp3) is 1.00. The van der Waals surface area contributed by atoms with Crippen LogP contribution >= 0.6 is 0 Å². The molecule has 11 heavy (non-hydrogen) atoms. The highest BCUT2D eigenvalue weighted by Gasteiger charge is 2.57. The predicted molar refractivity (Wildman–Crippen MR) is 47.2 cm³/mol. The molecule has 2 aliphatic rings. The summed E-state index contributed by atoms with van der Waals surface area (Å²) < 4.78 is 0. The molecule has 64 valence electrons. The zero-order valence-corrected chi connectivity index (χ0v) is 7.85. The van der Waals surface area contributed by atoms with Gasteiger partial charge >= 0.3 is 0 Å². The van der Waals surface area contributed by atoms with Crippen molar-refractivity contribution in [2.75, 3.05) is 0 Å². The number of nitrogens with two attached hydrogens (primary N) is 1. The largest absolute Gasteiger partial charge is 0.327 e. The first-order valence-corrected chi connectivity index (χ1v) is 4.72. The Labute approximate surface area is 69.4 Å². The Kier molecular flexibility index (Phi) is 1.26. The van der Waals surface area contributed by atoms with Crippen molar-refractivity contribution in [1.29, 1.82) is 0 Å². The SMILES string of the molecule is CC12CCC(C1)C(C)(C)C2N. The molecule has 2 bridgehead atoms. The van der Waals surface area contributed by atoms with Gasteiger partial charge in [0.05, 0.1) is 0 Å². The zero-order valence-electron chi connectivity index (χ0n) is 7.85. The molecule has 0 heterocycles. The van der Waals surface area contributed by atoms with Crippen molar-refractivity contribution in [2.24, 2.45) is 22.5 Å². The Balaban J connectivity index is 2.34. The van der Waals surface area contributed by atoms with Gasteiger partial charge in [0, 0.05) is 6.04 Å². The highest BCUT2D eigenvalue weighted by atomic mass is 14.8. The summed E-state index contributed by atoms with van der Waals surface area (Å²) in [5.41, 5.74) is 7.12. The van der Waals surface area contributed by atoms with Gasteiger partial charge in [0.1, 0.15) is 0 Å². The van der Waals surface area contributed by atoms with E-state index in [-0.39, 0.29) is 0 Å². The molecule has 2 fully saturated rings. The van der Waals surface area contributed by atoms with Crippen molar-refractivity contribution in [3.63, 3.8) is 0 Å². The summed E-state index contributed by atoms with van der Waals surface area (Å²) in [7, 11) is 0. The molecule has 2 saturated carbocycles. The molecular weight excluding hydrogens is 134 g/mol. The third kappa shape index (κ3) is 0.752. The van der Waals surface area contributed by atoms with Crippen molar-refractivity contribution in [1.82, 2.24) is 0 Å². The summed E-state index contributed by atoms with van der Waals surface area (Å²) in [6.07, 6.45) is 4.15. The van der Waals surface area contributed by atoms with E-state index in [4.69, 9.17) is 5.73 Å². The lowest BCUT2D eigenvalue weighted by Gasteiger charge is -2.40. The Bertz CT molecular complexity index is 181. The summed E-state index contributed by atoms with van der Waals surface area (Å²) in [4.78, 5) is 0. The molecule has 2 rings (SSSR count). The maximum absolute atomic E-state index is 6.23. The lowest BCUT2D eigenvalue weighted by atomic mass is 9.69. The van der Waals surface area contributed by atoms with Crippen molar-refractivity contribution < 1.29 is 0 Å². The lowest BCUT2D eigenvalue weighted by Crippen LogP contribution is -2.46. The molecule has 0 aromatic carbocycles. The van der Waals surface area contributed by atoms with Crippen LogP contribution in [0.3, 0.4) is 0 Å². The zero-order chi connectivity index (χ0) is 8.28. The van der Waals surface area contributed by atoms with E-state index in [1.54, 1.807) is 0 Å². The molecule has 0 radical (unpaired) electrons. The third-order valence-electron chi connectivity index (χ3n) is 4.38. The average molecular weight is 153 g/mol. The molecule has 2 N–H and O–H groups in total. The maximum atomic E-state index is 6.23. The van der Waals surface area contributed by atoms with Crippen LogP contribution in [-0.2, 0) is 0 Å². The van der Waals surface area contributed by atoms with Gasteiger partial charge in [-0.2, -0.15) is 0 Å². The van der Waals surface area contributed by atoms with Gasteiger partial charge in [-0.25, -0.2) is 0 Å². The van der Waals surface area contributed by atoms with E-state index in [1.807, 2.05) is 0 Å². The van der Waals surface area contributed by atoms with E-state index in [2.05, 4.69) is 20.8 Å². The molecule has 0 aromatic heterocycles.